The molecular formula is C20H31N5O3. The molecule has 154 valence electrons. The minimum atomic E-state index is -0.272. The summed E-state index contributed by atoms with van der Waals surface area (Å²) in [5.74, 6) is 0. The number of rotatable bonds is 4. The Hall–Kier alpha value is -2.48. The number of likely N-dealkylation sites (N-methyl/N-ethyl adjacent to an activating group) is 1. The lowest BCUT2D eigenvalue weighted by Gasteiger charge is -2.34. The lowest BCUT2D eigenvalue weighted by Crippen LogP contribution is -2.47. The van der Waals surface area contributed by atoms with E-state index in [4.69, 9.17) is 4.74 Å². The zero-order valence-corrected chi connectivity index (χ0v) is 16.8. The van der Waals surface area contributed by atoms with Crippen molar-refractivity contribution in [2.75, 3.05) is 63.1 Å². The van der Waals surface area contributed by atoms with Crippen LogP contribution in [0.2, 0.25) is 0 Å². The van der Waals surface area contributed by atoms with E-state index in [2.05, 4.69) is 39.6 Å². The Kier molecular flexibility index (Phi) is 6.97. The van der Waals surface area contributed by atoms with Gasteiger partial charge in [-0.25, -0.2) is 9.59 Å². The number of carbonyl (C=O) groups is 2. The van der Waals surface area contributed by atoms with Crippen molar-refractivity contribution >= 4 is 23.5 Å². The van der Waals surface area contributed by atoms with E-state index in [0.29, 0.717) is 19.7 Å². The van der Waals surface area contributed by atoms with Gasteiger partial charge in [-0.3, -0.25) is 0 Å². The second-order valence-electron chi connectivity index (χ2n) is 7.40. The first-order chi connectivity index (χ1) is 13.5. The van der Waals surface area contributed by atoms with Crippen LogP contribution in [0.5, 0.6) is 0 Å². The van der Waals surface area contributed by atoms with Gasteiger partial charge in [0, 0.05) is 56.7 Å². The smallest absolute Gasteiger partial charge is 0.409 e. The zero-order valence-electron chi connectivity index (χ0n) is 16.8. The third kappa shape index (κ3) is 5.51. The monoisotopic (exact) mass is 389 g/mol. The Bertz CT molecular complexity index is 650. The summed E-state index contributed by atoms with van der Waals surface area (Å²) in [6.07, 6.45) is 1.19. The van der Waals surface area contributed by atoms with Crippen LogP contribution < -0.4 is 15.5 Å². The molecule has 2 aliphatic heterocycles. The molecule has 8 nitrogen and oxygen atoms in total. The van der Waals surface area contributed by atoms with Crippen LogP contribution in [0.15, 0.2) is 24.3 Å². The molecule has 0 aliphatic carbocycles. The van der Waals surface area contributed by atoms with Gasteiger partial charge in [-0.05, 0) is 51.1 Å². The van der Waals surface area contributed by atoms with Gasteiger partial charge < -0.3 is 30.1 Å². The quantitative estimate of drug-likeness (QED) is 0.825. The van der Waals surface area contributed by atoms with E-state index in [0.717, 1.165) is 44.7 Å². The summed E-state index contributed by atoms with van der Waals surface area (Å²) < 4.78 is 5.02. The second kappa shape index (κ2) is 9.64. The number of urea groups is 1. The highest BCUT2D eigenvalue weighted by Crippen LogP contribution is 2.19. The topological polar surface area (TPSA) is 77.1 Å². The second-order valence-corrected chi connectivity index (χ2v) is 7.40. The van der Waals surface area contributed by atoms with Crippen molar-refractivity contribution in [3.05, 3.63) is 24.3 Å². The molecule has 2 heterocycles. The zero-order chi connectivity index (χ0) is 19.9. The minimum Gasteiger partial charge on any atom is -0.450 e. The molecule has 1 aromatic rings. The van der Waals surface area contributed by atoms with Crippen LogP contribution in [0.4, 0.5) is 21.0 Å². The van der Waals surface area contributed by atoms with Gasteiger partial charge >= 0.3 is 12.1 Å². The van der Waals surface area contributed by atoms with E-state index in [1.54, 1.807) is 11.8 Å². The fraction of sp³-hybridized carbons (Fsp3) is 0.600. The highest BCUT2D eigenvalue weighted by molar-refractivity contribution is 5.89. The van der Waals surface area contributed by atoms with Crippen molar-refractivity contribution in [2.45, 2.75) is 25.8 Å². The van der Waals surface area contributed by atoms with E-state index in [1.807, 2.05) is 12.1 Å². The summed E-state index contributed by atoms with van der Waals surface area (Å²) in [6, 6.07) is 7.85. The molecule has 0 aromatic heterocycles. The summed E-state index contributed by atoms with van der Waals surface area (Å²) in [5.41, 5.74) is 1.96. The minimum absolute atomic E-state index is 0.0651. The van der Waals surface area contributed by atoms with Crippen LogP contribution in [-0.2, 0) is 4.74 Å². The largest absolute Gasteiger partial charge is 0.450 e. The van der Waals surface area contributed by atoms with Crippen LogP contribution in [0.1, 0.15) is 19.8 Å². The fourth-order valence-electron chi connectivity index (χ4n) is 3.59. The van der Waals surface area contributed by atoms with Crippen LogP contribution in [0, 0.1) is 0 Å². The van der Waals surface area contributed by atoms with Gasteiger partial charge in [0.15, 0.2) is 0 Å². The number of benzene rings is 1. The Morgan fingerprint density at radius 3 is 2.29 bits per heavy atom. The number of piperazine rings is 1. The number of anilines is 2. The molecule has 3 rings (SSSR count). The molecule has 1 aromatic carbocycles. The van der Waals surface area contributed by atoms with E-state index < -0.39 is 0 Å². The number of carbonyl (C=O) groups excluding carboxylic acids is 2. The molecule has 28 heavy (non-hydrogen) atoms. The number of piperidine rings is 1. The van der Waals surface area contributed by atoms with Gasteiger partial charge in [-0.1, -0.05) is 0 Å². The number of hydrogen-bond acceptors (Lipinski definition) is 5. The Morgan fingerprint density at radius 1 is 1.04 bits per heavy atom. The number of hydrogen-bond donors (Lipinski definition) is 2. The molecule has 0 saturated carbocycles. The van der Waals surface area contributed by atoms with Crippen molar-refractivity contribution in [3.8, 4) is 0 Å². The van der Waals surface area contributed by atoms with Crippen LogP contribution in [0.25, 0.3) is 0 Å². The van der Waals surface area contributed by atoms with Crippen LogP contribution >= 0.6 is 0 Å². The van der Waals surface area contributed by atoms with Crippen molar-refractivity contribution < 1.29 is 14.3 Å². The molecule has 2 saturated heterocycles. The summed E-state index contributed by atoms with van der Waals surface area (Å²) >= 11 is 0. The summed E-state index contributed by atoms with van der Waals surface area (Å²) in [5, 5.41) is 5.90. The van der Waals surface area contributed by atoms with E-state index >= 15 is 0 Å². The maximum Gasteiger partial charge on any atom is 0.409 e. The maximum absolute atomic E-state index is 12.3. The number of likely N-dealkylation sites (tertiary alicyclic amines) is 1. The predicted octanol–water partition coefficient (Wildman–Crippen LogP) is 2.18. The first kappa shape index (κ1) is 20.3. The normalized spacial score (nSPS) is 18.6. The summed E-state index contributed by atoms with van der Waals surface area (Å²) in [4.78, 5) is 30.4. The molecule has 0 radical (unpaired) electrons. The predicted molar refractivity (Wildman–Crippen MR) is 110 cm³/mol. The first-order valence-corrected chi connectivity index (χ1v) is 10.1. The Balaban J connectivity index is 1.42. The van der Waals surface area contributed by atoms with E-state index in [1.165, 1.54) is 5.69 Å². The van der Waals surface area contributed by atoms with Crippen molar-refractivity contribution in [1.29, 1.82) is 0 Å². The third-order valence-electron chi connectivity index (χ3n) is 5.35. The van der Waals surface area contributed by atoms with Crippen LogP contribution in [-0.4, -0.2) is 80.9 Å². The molecule has 8 heteroatoms. The van der Waals surface area contributed by atoms with Gasteiger partial charge in [0.25, 0.3) is 0 Å². The highest BCUT2D eigenvalue weighted by Gasteiger charge is 2.24. The Morgan fingerprint density at radius 2 is 1.68 bits per heavy atom. The number of amides is 3. The van der Waals surface area contributed by atoms with Gasteiger partial charge in [-0.2, -0.15) is 0 Å². The van der Waals surface area contributed by atoms with Gasteiger partial charge in [-0.15, -0.1) is 0 Å². The van der Waals surface area contributed by atoms with Crippen molar-refractivity contribution in [3.63, 3.8) is 0 Å². The first-order valence-electron chi connectivity index (χ1n) is 10.1. The lowest BCUT2D eigenvalue weighted by molar-refractivity contribution is 0.0959. The third-order valence-corrected chi connectivity index (χ3v) is 5.35. The SMILES string of the molecule is CCOC(=O)N1CCC(NC(=O)Nc2ccc(N3CCN(C)CC3)cc2)CC1. The van der Waals surface area contributed by atoms with Gasteiger partial charge in [0.1, 0.15) is 0 Å². The standard InChI is InChI=1S/C20H31N5O3/c1-3-28-20(27)25-10-8-17(9-11-25)22-19(26)21-16-4-6-18(7-5-16)24-14-12-23(2)13-15-24/h4-7,17H,3,8-15H2,1-2H3,(H2,21,22,26). The van der Waals surface area contributed by atoms with Gasteiger partial charge in [0.2, 0.25) is 0 Å². The fourth-order valence-corrected chi connectivity index (χ4v) is 3.59. The van der Waals surface area contributed by atoms with Crippen molar-refractivity contribution in [1.82, 2.24) is 15.1 Å². The molecule has 2 fully saturated rings. The van der Waals surface area contributed by atoms with E-state index in [9.17, 15) is 9.59 Å². The molecule has 0 atom stereocenters. The lowest BCUT2D eigenvalue weighted by atomic mass is 10.1. The van der Waals surface area contributed by atoms with Crippen molar-refractivity contribution in [2.24, 2.45) is 0 Å². The molecule has 3 amide bonds. The molecule has 2 N–H and O–H groups in total. The number of nitrogens with zero attached hydrogens (tertiary/aromatic N) is 3. The molecular weight excluding hydrogens is 358 g/mol. The van der Waals surface area contributed by atoms with Gasteiger partial charge in [0.05, 0.1) is 6.61 Å². The molecule has 0 bridgehead atoms. The highest BCUT2D eigenvalue weighted by atomic mass is 16.6. The summed E-state index contributed by atoms with van der Waals surface area (Å²) in [6.45, 7) is 7.56. The Labute approximate surface area is 166 Å². The average Bonchev–Trinajstić information content (AvgIpc) is 2.70. The number of ether oxygens (including phenoxy) is 1. The summed E-state index contributed by atoms with van der Waals surface area (Å²) in [7, 11) is 2.14. The molecule has 0 spiro atoms. The van der Waals surface area contributed by atoms with E-state index in [-0.39, 0.29) is 18.2 Å². The maximum atomic E-state index is 12.3. The number of nitrogens with one attached hydrogen (secondary N) is 2. The average molecular weight is 390 g/mol. The molecule has 0 unspecified atom stereocenters. The molecule has 2 aliphatic rings. The van der Waals surface area contributed by atoms with Crippen LogP contribution in [0.3, 0.4) is 0 Å².